The molecule has 1 atom stereocenters. The van der Waals surface area contributed by atoms with E-state index in [1.54, 1.807) is 0 Å². The molecule has 1 fully saturated rings. The minimum atomic E-state index is -0.514. The summed E-state index contributed by atoms with van der Waals surface area (Å²) in [6, 6.07) is 2.33. The highest BCUT2D eigenvalue weighted by Crippen LogP contribution is 2.39. The first-order valence-electron chi connectivity index (χ1n) is 8.72. The van der Waals surface area contributed by atoms with Crippen LogP contribution in [0.5, 0.6) is 0 Å². The molecule has 24 heavy (non-hydrogen) atoms. The van der Waals surface area contributed by atoms with Crippen molar-refractivity contribution in [2.75, 3.05) is 13.2 Å². The molecule has 5 heteroatoms. The summed E-state index contributed by atoms with van der Waals surface area (Å²) in [5.41, 5.74) is -0.104. The summed E-state index contributed by atoms with van der Waals surface area (Å²) in [4.78, 5) is 0. The third kappa shape index (κ3) is 5.67. The highest BCUT2D eigenvalue weighted by Gasteiger charge is 2.52. The van der Waals surface area contributed by atoms with E-state index in [0.29, 0.717) is 18.7 Å². The van der Waals surface area contributed by atoms with Gasteiger partial charge in [-0.2, -0.15) is 5.26 Å². The fraction of sp³-hybridized carbons (Fsp3) is 0.737. The van der Waals surface area contributed by atoms with Gasteiger partial charge >= 0.3 is 7.12 Å². The predicted octanol–water partition coefficient (Wildman–Crippen LogP) is 3.91. The molecule has 0 N–H and O–H groups in total. The van der Waals surface area contributed by atoms with Crippen molar-refractivity contribution in [1.29, 1.82) is 5.26 Å². The number of ether oxygens (including phenoxy) is 1. The molecule has 1 saturated heterocycles. The summed E-state index contributed by atoms with van der Waals surface area (Å²) in [5, 5.41) is 9.45. The minimum Gasteiger partial charge on any atom is -0.400 e. The molecule has 0 aliphatic carbocycles. The summed E-state index contributed by atoms with van der Waals surface area (Å²) >= 11 is 0. The van der Waals surface area contributed by atoms with Crippen molar-refractivity contribution in [3.8, 4) is 17.9 Å². The molecule has 1 aliphatic heterocycles. The first-order chi connectivity index (χ1) is 11.2. The number of hydrogen-bond donors (Lipinski definition) is 0. The molecule has 0 radical (unpaired) electrons. The Morgan fingerprint density at radius 1 is 1.17 bits per heavy atom. The van der Waals surface area contributed by atoms with Gasteiger partial charge in [-0.15, -0.1) is 12.5 Å². The van der Waals surface area contributed by atoms with Crippen molar-refractivity contribution in [3.05, 3.63) is 12.1 Å². The third-order valence-corrected chi connectivity index (χ3v) is 4.67. The molecular formula is C19H30BNO3. The molecule has 4 nitrogen and oxygen atoms in total. The van der Waals surface area contributed by atoms with Crippen LogP contribution in [-0.4, -0.2) is 31.5 Å². The SMILES string of the molecule is C=C(B1OC(C)(C)C(C)(C)O1)[C@H](C#N)CCCCOCC#CCC. The van der Waals surface area contributed by atoms with Crippen LogP contribution >= 0.6 is 0 Å². The topological polar surface area (TPSA) is 51.5 Å². The fourth-order valence-corrected chi connectivity index (χ4v) is 2.34. The van der Waals surface area contributed by atoms with Gasteiger partial charge in [0, 0.05) is 13.0 Å². The maximum absolute atomic E-state index is 9.45. The fourth-order valence-electron chi connectivity index (χ4n) is 2.34. The summed E-state index contributed by atoms with van der Waals surface area (Å²) in [5.74, 6) is 5.65. The van der Waals surface area contributed by atoms with E-state index in [2.05, 4.69) is 24.5 Å². The Morgan fingerprint density at radius 2 is 1.79 bits per heavy atom. The summed E-state index contributed by atoms with van der Waals surface area (Å²) < 4.78 is 17.4. The van der Waals surface area contributed by atoms with Gasteiger partial charge in [-0.1, -0.05) is 12.8 Å². The second-order valence-electron chi connectivity index (χ2n) is 7.10. The monoisotopic (exact) mass is 331 g/mol. The van der Waals surface area contributed by atoms with E-state index in [1.807, 2.05) is 34.6 Å². The molecule has 0 amide bonds. The highest BCUT2D eigenvalue weighted by atomic mass is 16.7. The number of unbranched alkanes of at least 4 members (excludes halogenated alkanes) is 1. The van der Waals surface area contributed by atoms with Crippen LogP contribution in [0.2, 0.25) is 0 Å². The first-order valence-corrected chi connectivity index (χ1v) is 8.72. The van der Waals surface area contributed by atoms with Gasteiger partial charge in [-0.05, 0) is 52.4 Å². The third-order valence-electron chi connectivity index (χ3n) is 4.67. The van der Waals surface area contributed by atoms with E-state index in [4.69, 9.17) is 14.0 Å². The zero-order valence-electron chi connectivity index (χ0n) is 15.8. The number of hydrogen-bond acceptors (Lipinski definition) is 4. The molecule has 1 rings (SSSR count). The number of allylic oxidation sites excluding steroid dienone is 1. The molecule has 0 spiro atoms. The Kier molecular flexibility index (Phi) is 8.03. The average molecular weight is 331 g/mol. The van der Waals surface area contributed by atoms with Crippen molar-refractivity contribution in [2.24, 2.45) is 5.92 Å². The Labute approximate surface area is 147 Å². The van der Waals surface area contributed by atoms with E-state index < -0.39 is 18.3 Å². The molecule has 1 aliphatic rings. The van der Waals surface area contributed by atoms with Crippen LogP contribution in [0.15, 0.2) is 12.1 Å². The lowest BCUT2D eigenvalue weighted by molar-refractivity contribution is 0.00578. The van der Waals surface area contributed by atoms with Crippen LogP contribution in [0.4, 0.5) is 0 Å². The van der Waals surface area contributed by atoms with Crippen molar-refractivity contribution in [3.63, 3.8) is 0 Å². The van der Waals surface area contributed by atoms with Crippen LogP contribution in [0.25, 0.3) is 0 Å². The molecule has 0 bridgehead atoms. The second-order valence-corrected chi connectivity index (χ2v) is 7.10. The van der Waals surface area contributed by atoms with Crippen molar-refractivity contribution < 1.29 is 14.0 Å². The summed E-state index contributed by atoms with van der Waals surface area (Å²) in [6.45, 7) is 15.2. The van der Waals surface area contributed by atoms with Crippen LogP contribution < -0.4 is 0 Å². The van der Waals surface area contributed by atoms with Crippen molar-refractivity contribution in [2.45, 2.75) is 71.5 Å². The molecule has 132 valence electrons. The number of rotatable bonds is 8. The van der Waals surface area contributed by atoms with Crippen LogP contribution in [0, 0.1) is 29.1 Å². The Morgan fingerprint density at radius 3 is 2.33 bits per heavy atom. The predicted molar refractivity (Wildman–Crippen MR) is 97.1 cm³/mol. The normalized spacial score (nSPS) is 19.2. The Balaban J connectivity index is 2.37. The van der Waals surface area contributed by atoms with Crippen molar-refractivity contribution >= 4 is 7.12 Å². The Bertz CT molecular complexity index is 509. The first kappa shape index (κ1) is 20.8. The average Bonchev–Trinajstić information content (AvgIpc) is 2.73. The molecule has 0 aromatic carbocycles. The van der Waals surface area contributed by atoms with Gasteiger partial charge in [0.15, 0.2) is 0 Å². The maximum Gasteiger partial charge on any atom is 0.491 e. The smallest absolute Gasteiger partial charge is 0.400 e. The highest BCUT2D eigenvalue weighted by molar-refractivity contribution is 6.54. The van der Waals surface area contributed by atoms with Gasteiger partial charge in [0.2, 0.25) is 0 Å². The molecule has 0 aromatic heterocycles. The lowest BCUT2D eigenvalue weighted by Crippen LogP contribution is -2.41. The van der Waals surface area contributed by atoms with Gasteiger partial charge in [0.1, 0.15) is 6.61 Å². The van der Waals surface area contributed by atoms with E-state index in [9.17, 15) is 5.26 Å². The lowest BCUT2D eigenvalue weighted by Gasteiger charge is -2.32. The molecule has 1 heterocycles. The molecular weight excluding hydrogens is 301 g/mol. The van der Waals surface area contributed by atoms with Crippen LogP contribution in [0.1, 0.15) is 60.3 Å². The minimum absolute atomic E-state index is 0.264. The van der Waals surface area contributed by atoms with Gasteiger partial charge in [0.25, 0.3) is 0 Å². The van der Waals surface area contributed by atoms with E-state index in [0.717, 1.165) is 25.7 Å². The second kappa shape index (κ2) is 9.28. The molecule has 0 aromatic rings. The zero-order valence-corrected chi connectivity index (χ0v) is 15.8. The number of nitriles is 1. The largest absolute Gasteiger partial charge is 0.491 e. The van der Waals surface area contributed by atoms with E-state index >= 15 is 0 Å². The quantitative estimate of drug-likeness (QED) is 0.384. The summed E-state index contributed by atoms with van der Waals surface area (Å²) in [6.07, 6.45) is 3.40. The van der Waals surface area contributed by atoms with Gasteiger partial charge < -0.3 is 14.0 Å². The van der Waals surface area contributed by atoms with Crippen molar-refractivity contribution in [1.82, 2.24) is 0 Å². The zero-order chi connectivity index (χ0) is 18.2. The maximum atomic E-state index is 9.45. The van der Waals surface area contributed by atoms with E-state index in [1.165, 1.54) is 0 Å². The Hall–Kier alpha value is -1.27. The lowest BCUT2D eigenvalue weighted by atomic mass is 9.71. The van der Waals surface area contributed by atoms with Gasteiger partial charge in [-0.3, -0.25) is 0 Å². The standard InChI is InChI=1S/C19H30BNO3/c1-7-8-10-13-22-14-11-9-12-17(15-21)16(2)20-23-18(3,4)19(5,6)24-20/h17H,2,7,9,11-14H2,1,3-6H3/t17-/m0/s1. The molecule has 0 saturated carbocycles. The van der Waals surface area contributed by atoms with E-state index in [-0.39, 0.29) is 5.92 Å². The molecule has 0 unspecified atom stereocenters. The summed E-state index contributed by atoms with van der Waals surface area (Å²) in [7, 11) is -0.514. The van der Waals surface area contributed by atoms with Crippen LogP contribution in [-0.2, 0) is 14.0 Å². The van der Waals surface area contributed by atoms with Gasteiger partial charge in [0.05, 0.1) is 23.2 Å². The number of nitrogens with zero attached hydrogens (tertiary/aromatic N) is 1. The van der Waals surface area contributed by atoms with Gasteiger partial charge in [-0.25, -0.2) is 0 Å². The van der Waals surface area contributed by atoms with Crippen LogP contribution in [0.3, 0.4) is 0 Å².